The van der Waals surface area contributed by atoms with Crippen LogP contribution in [0.15, 0.2) is 103 Å². The number of rotatable bonds is 10. The number of hydrogen-bond acceptors (Lipinski definition) is 4. The fourth-order valence-corrected chi connectivity index (χ4v) is 3.86. The number of nitrogens with one attached hydrogen (secondary N) is 2. The van der Waals surface area contributed by atoms with Gasteiger partial charge < -0.3 is 20.1 Å². The van der Waals surface area contributed by atoms with E-state index < -0.39 is 12.1 Å². The van der Waals surface area contributed by atoms with Gasteiger partial charge in [0.05, 0.1) is 0 Å². The molecule has 1 atom stereocenters. The second kappa shape index (κ2) is 13.1. The van der Waals surface area contributed by atoms with E-state index in [0.717, 1.165) is 33.6 Å². The average molecular weight is 509 g/mol. The van der Waals surface area contributed by atoms with E-state index in [0.29, 0.717) is 12.3 Å². The third-order valence-corrected chi connectivity index (χ3v) is 6.21. The van der Waals surface area contributed by atoms with Crippen molar-refractivity contribution in [3.63, 3.8) is 0 Å². The third kappa shape index (κ3) is 7.96. The van der Waals surface area contributed by atoms with E-state index in [-0.39, 0.29) is 18.9 Å². The monoisotopic (exact) mass is 508 g/mol. The van der Waals surface area contributed by atoms with Gasteiger partial charge in [-0.3, -0.25) is 4.79 Å². The van der Waals surface area contributed by atoms with Gasteiger partial charge in [-0.15, -0.1) is 0 Å². The average Bonchev–Trinajstić information content (AvgIpc) is 2.94. The minimum absolute atomic E-state index is 0.117. The second-order valence-corrected chi connectivity index (χ2v) is 9.17. The Labute approximate surface area is 223 Å². The number of alkyl carbamates (subject to hydrolysis) is 1. The molecule has 194 valence electrons. The predicted octanol–water partition coefficient (Wildman–Crippen LogP) is 6.36. The molecule has 2 N–H and O–H groups in total. The van der Waals surface area contributed by atoms with Crippen molar-refractivity contribution in [3.05, 3.63) is 131 Å². The van der Waals surface area contributed by atoms with E-state index in [1.165, 1.54) is 0 Å². The fraction of sp³-hybridized carbons (Fsp3) is 0.188. The lowest BCUT2D eigenvalue weighted by Gasteiger charge is -2.19. The van der Waals surface area contributed by atoms with Crippen molar-refractivity contribution in [2.24, 2.45) is 0 Å². The number of hydrogen-bond donors (Lipinski definition) is 2. The molecule has 0 spiro atoms. The fourth-order valence-electron chi connectivity index (χ4n) is 3.86. The molecule has 0 fully saturated rings. The van der Waals surface area contributed by atoms with Crippen molar-refractivity contribution in [2.75, 3.05) is 5.32 Å². The van der Waals surface area contributed by atoms with E-state index in [1.807, 2.05) is 117 Å². The van der Waals surface area contributed by atoms with E-state index in [4.69, 9.17) is 9.47 Å². The van der Waals surface area contributed by atoms with Crippen LogP contribution in [-0.2, 0) is 29.2 Å². The van der Waals surface area contributed by atoms with Gasteiger partial charge in [0.2, 0.25) is 5.91 Å². The molecule has 0 aromatic heterocycles. The van der Waals surface area contributed by atoms with Crippen LogP contribution >= 0.6 is 0 Å². The summed E-state index contributed by atoms with van der Waals surface area (Å²) in [6.07, 6.45) is -0.368. The van der Waals surface area contributed by atoms with Crippen LogP contribution in [0.4, 0.5) is 10.5 Å². The Hall–Kier alpha value is -4.58. The first kappa shape index (κ1) is 26.5. The van der Waals surface area contributed by atoms with Crippen LogP contribution in [-0.4, -0.2) is 18.0 Å². The summed E-state index contributed by atoms with van der Waals surface area (Å²) >= 11 is 0. The summed E-state index contributed by atoms with van der Waals surface area (Å²) < 4.78 is 11.2. The first-order valence-corrected chi connectivity index (χ1v) is 12.6. The zero-order valence-corrected chi connectivity index (χ0v) is 21.6. The predicted molar refractivity (Wildman–Crippen MR) is 149 cm³/mol. The van der Waals surface area contributed by atoms with Crippen LogP contribution in [0.5, 0.6) is 5.75 Å². The Morgan fingerprint density at radius 1 is 0.711 bits per heavy atom. The number of anilines is 1. The molecule has 4 aromatic rings. The molecule has 0 saturated heterocycles. The van der Waals surface area contributed by atoms with Gasteiger partial charge in [-0.05, 0) is 65.9 Å². The van der Waals surface area contributed by atoms with Gasteiger partial charge in [0, 0.05) is 12.1 Å². The molecule has 6 nitrogen and oxygen atoms in total. The highest BCUT2D eigenvalue weighted by Gasteiger charge is 2.22. The van der Waals surface area contributed by atoms with Crippen LogP contribution in [0.3, 0.4) is 0 Å². The highest BCUT2D eigenvalue weighted by atomic mass is 16.5. The molecule has 4 rings (SSSR count). The van der Waals surface area contributed by atoms with Crippen molar-refractivity contribution in [1.29, 1.82) is 0 Å². The summed E-state index contributed by atoms with van der Waals surface area (Å²) in [6.45, 7) is 4.59. The largest absolute Gasteiger partial charge is 0.489 e. The van der Waals surface area contributed by atoms with E-state index in [1.54, 1.807) is 0 Å². The van der Waals surface area contributed by atoms with Crippen molar-refractivity contribution >= 4 is 17.7 Å². The molecule has 0 saturated carbocycles. The van der Waals surface area contributed by atoms with Crippen LogP contribution in [0.1, 0.15) is 27.8 Å². The molecule has 0 unspecified atom stereocenters. The molecule has 6 heteroatoms. The van der Waals surface area contributed by atoms with Gasteiger partial charge in [-0.2, -0.15) is 0 Å². The number of carbonyl (C=O) groups excluding carboxylic acids is 2. The van der Waals surface area contributed by atoms with Crippen LogP contribution < -0.4 is 15.4 Å². The molecule has 38 heavy (non-hydrogen) atoms. The minimum Gasteiger partial charge on any atom is -0.489 e. The number of ether oxygens (including phenoxy) is 2. The van der Waals surface area contributed by atoms with Gasteiger partial charge in [0.1, 0.15) is 25.0 Å². The summed E-state index contributed by atoms with van der Waals surface area (Å²) in [4.78, 5) is 25.9. The first-order chi connectivity index (χ1) is 18.5. The molecule has 0 aliphatic carbocycles. The van der Waals surface area contributed by atoms with Gasteiger partial charge in [-0.1, -0.05) is 78.9 Å². The second-order valence-electron chi connectivity index (χ2n) is 9.17. The maximum Gasteiger partial charge on any atom is 0.408 e. The van der Waals surface area contributed by atoms with Crippen molar-refractivity contribution < 1.29 is 19.1 Å². The molecule has 0 heterocycles. The standard InChI is InChI=1S/C32H32N2O4/c1-23-13-16-28(19-24(23)2)33-31(35)30(34-32(36)38-22-27-11-7-4-8-12-27)20-25-14-17-29(18-15-25)37-21-26-9-5-3-6-10-26/h3-19,30H,20-22H2,1-2H3,(H,33,35)(H,34,36)/t30-/m0/s1. The van der Waals surface area contributed by atoms with E-state index in [2.05, 4.69) is 10.6 Å². The number of carbonyl (C=O) groups is 2. The maximum absolute atomic E-state index is 13.2. The lowest BCUT2D eigenvalue weighted by atomic mass is 10.0. The molecule has 0 radical (unpaired) electrons. The van der Waals surface area contributed by atoms with Crippen molar-refractivity contribution in [3.8, 4) is 5.75 Å². The van der Waals surface area contributed by atoms with Crippen LogP contribution in [0.25, 0.3) is 0 Å². The molecule has 4 aromatic carbocycles. The third-order valence-electron chi connectivity index (χ3n) is 6.21. The number of aryl methyl sites for hydroxylation is 2. The molecule has 2 amide bonds. The topological polar surface area (TPSA) is 76.7 Å². The molecular formula is C32H32N2O4. The van der Waals surface area contributed by atoms with Gasteiger partial charge in [0.15, 0.2) is 0 Å². The Balaban J connectivity index is 1.41. The highest BCUT2D eigenvalue weighted by molar-refractivity contribution is 5.96. The van der Waals surface area contributed by atoms with Gasteiger partial charge in [0.25, 0.3) is 0 Å². The Morgan fingerprint density at radius 3 is 1.97 bits per heavy atom. The Morgan fingerprint density at radius 2 is 1.34 bits per heavy atom. The van der Waals surface area contributed by atoms with Crippen molar-refractivity contribution in [2.45, 2.75) is 39.5 Å². The van der Waals surface area contributed by atoms with Crippen LogP contribution in [0.2, 0.25) is 0 Å². The normalized spacial score (nSPS) is 11.3. The summed E-state index contributed by atoms with van der Waals surface area (Å²) in [5.41, 5.74) is 5.70. The van der Waals surface area contributed by atoms with Gasteiger partial charge in [-0.25, -0.2) is 4.79 Å². The summed E-state index contributed by atoms with van der Waals surface area (Å²) in [5, 5.41) is 5.66. The molecule has 0 aliphatic heterocycles. The van der Waals surface area contributed by atoms with Crippen LogP contribution in [0, 0.1) is 13.8 Å². The van der Waals surface area contributed by atoms with E-state index in [9.17, 15) is 9.59 Å². The Bertz CT molecular complexity index is 1340. The Kier molecular flexibility index (Phi) is 9.13. The number of amides is 2. The smallest absolute Gasteiger partial charge is 0.408 e. The lowest BCUT2D eigenvalue weighted by molar-refractivity contribution is -0.118. The molecule has 0 bridgehead atoms. The zero-order chi connectivity index (χ0) is 26.7. The summed E-state index contributed by atoms with van der Waals surface area (Å²) in [6, 6.07) is 31.7. The minimum atomic E-state index is -0.837. The molecule has 0 aliphatic rings. The zero-order valence-electron chi connectivity index (χ0n) is 21.6. The highest BCUT2D eigenvalue weighted by Crippen LogP contribution is 2.18. The lowest BCUT2D eigenvalue weighted by Crippen LogP contribution is -2.45. The van der Waals surface area contributed by atoms with E-state index >= 15 is 0 Å². The number of benzene rings is 4. The molecular weight excluding hydrogens is 476 g/mol. The quantitative estimate of drug-likeness (QED) is 0.261. The van der Waals surface area contributed by atoms with Gasteiger partial charge >= 0.3 is 6.09 Å². The maximum atomic E-state index is 13.2. The summed E-state index contributed by atoms with van der Waals surface area (Å²) in [5.74, 6) is 0.401. The van der Waals surface area contributed by atoms with Crippen molar-refractivity contribution in [1.82, 2.24) is 5.32 Å². The SMILES string of the molecule is Cc1ccc(NC(=O)[C@H](Cc2ccc(OCc3ccccc3)cc2)NC(=O)OCc2ccccc2)cc1C. The first-order valence-electron chi connectivity index (χ1n) is 12.6. The summed E-state index contributed by atoms with van der Waals surface area (Å²) in [7, 11) is 0.